The molecule has 1 atom stereocenters. The molecule has 1 aliphatic heterocycles. The lowest BCUT2D eigenvalue weighted by atomic mass is 10.1. The minimum absolute atomic E-state index is 0.120. The fourth-order valence-electron chi connectivity index (χ4n) is 2.34. The van der Waals surface area contributed by atoms with Gasteiger partial charge in [-0.3, -0.25) is 10.1 Å². The fraction of sp³-hybridized carbons (Fsp3) is 0.500. The van der Waals surface area contributed by atoms with E-state index in [4.69, 9.17) is 0 Å². The Balaban J connectivity index is 2.00. The van der Waals surface area contributed by atoms with Crippen LogP contribution in [0.5, 0.6) is 0 Å². The van der Waals surface area contributed by atoms with Gasteiger partial charge in [-0.25, -0.2) is 0 Å². The first-order valence-corrected chi connectivity index (χ1v) is 6.61. The minimum atomic E-state index is -4.42. The van der Waals surface area contributed by atoms with Crippen molar-refractivity contribution in [3.63, 3.8) is 0 Å². The van der Waals surface area contributed by atoms with Crippen LogP contribution in [0, 0.1) is 0 Å². The van der Waals surface area contributed by atoms with Crippen LogP contribution in [0.25, 0.3) is 0 Å². The van der Waals surface area contributed by atoms with Crippen molar-refractivity contribution < 1.29 is 18.0 Å². The van der Waals surface area contributed by atoms with E-state index in [9.17, 15) is 18.0 Å². The third kappa shape index (κ3) is 3.72. The number of halogens is 3. The summed E-state index contributed by atoms with van der Waals surface area (Å²) in [6.07, 6.45) is -2.58. The molecule has 0 aliphatic carbocycles. The molecular weight excluding hydrogens is 269 g/mol. The number of amides is 1. The maximum Gasteiger partial charge on any atom is 0.407 e. The Morgan fingerprint density at radius 3 is 2.35 bits per heavy atom. The number of hydrogen-bond donors (Lipinski definition) is 1. The number of likely N-dealkylation sites (tertiary alicyclic amines) is 1. The maximum atomic E-state index is 13.0. The van der Waals surface area contributed by atoms with Crippen LogP contribution in [0.15, 0.2) is 30.3 Å². The summed E-state index contributed by atoms with van der Waals surface area (Å²) in [5, 5.41) is 2.34. The number of rotatable bonds is 4. The molecule has 1 amide bonds. The molecular formula is C14H17F3N2O. The van der Waals surface area contributed by atoms with E-state index in [0.717, 1.165) is 12.8 Å². The average molecular weight is 286 g/mol. The zero-order valence-corrected chi connectivity index (χ0v) is 11.0. The van der Waals surface area contributed by atoms with Crippen molar-refractivity contribution >= 4 is 5.91 Å². The summed E-state index contributed by atoms with van der Waals surface area (Å²) in [5.74, 6) is -0.271. The normalized spacial score (nSPS) is 17.2. The molecule has 0 aromatic heterocycles. The predicted octanol–water partition coefficient (Wildman–Crippen LogP) is 2.50. The van der Waals surface area contributed by atoms with E-state index in [-0.39, 0.29) is 18.0 Å². The molecule has 1 aromatic rings. The number of nitrogens with zero attached hydrogens (tertiary/aromatic N) is 1. The highest BCUT2D eigenvalue weighted by atomic mass is 19.4. The zero-order chi connectivity index (χ0) is 14.6. The van der Waals surface area contributed by atoms with Gasteiger partial charge in [0.15, 0.2) is 0 Å². The van der Waals surface area contributed by atoms with Crippen molar-refractivity contribution in [1.29, 1.82) is 0 Å². The highest BCUT2D eigenvalue weighted by molar-refractivity contribution is 5.78. The Labute approximate surface area is 115 Å². The van der Waals surface area contributed by atoms with E-state index in [2.05, 4.69) is 5.32 Å². The fourth-order valence-corrected chi connectivity index (χ4v) is 2.34. The molecule has 1 aliphatic rings. The van der Waals surface area contributed by atoms with Crippen LogP contribution < -0.4 is 5.32 Å². The second kappa shape index (κ2) is 6.26. The van der Waals surface area contributed by atoms with E-state index in [1.165, 1.54) is 12.1 Å². The second-order valence-electron chi connectivity index (χ2n) is 4.85. The molecule has 2 rings (SSSR count). The maximum absolute atomic E-state index is 13.0. The quantitative estimate of drug-likeness (QED) is 0.922. The molecule has 0 saturated carbocycles. The van der Waals surface area contributed by atoms with Crippen LogP contribution in [0.3, 0.4) is 0 Å². The summed E-state index contributed by atoms with van der Waals surface area (Å²) in [7, 11) is 0. The molecule has 1 fully saturated rings. The van der Waals surface area contributed by atoms with Gasteiger partial charge in [0.25, 0.3) is 0 Å². The van der Waals surface area contributed by atoms with Crippen molar-refractivity contribution in [2.75, 3.05) is 19.6 Å². The Morgan fingerprint density at radius 1 is 1.20 bits per heavy atom. The van der Waals surface area contributed by atoms with Crippen molar-refractivity contribution in [3.05, 3.63) is 35.9 Å². The third-order valence-corrected chi connectivity index (χ3v) is 3.38. The van der Waals surface area contributed by atoms with Gasteiger partial charge in [-0.2, -0.15) is 13.2 Å². The van der Waals surface area contributed by atoms with Gasteiger partial charge in [0, 0.05) is 13.1 Å². The van der Waals surface area contributed by atoms with E-state index >= 15 is 0 Å². The van der Waals surface area contributed by atoms with Gasteiger partial charge in [0.1, 0.15) is 6.04 Å². The first kappa shape index (κ1) is 14.8. The van der Waals surface area contributed by atoms with Gasteiger partial charge in [-0.15, -0.1) is 0 Å². The van der Waals surface area contributed by atoms with Crippen LogP contribution in [0.1, 0.15) is 24.4 Å². The molecule has 1 N–H and O–H groups in total. The molecule has 0 radical (unpaired) electrons. The smallest absolute Gasteiger partial charge is 0.342 e. The number of carbonyl (C=O) groups excluding carboxylic acids is 1. The molecule has 6 heteroatoms. The highest BCUT2D eigenvalue weighted by Crippen LogP contribution is 2.32. The van der Waals surface area contributed by atoms with Crippen LogP contribution in [0.4, 0.5) is 13.2 Å². The Bertz CT molecular complexity index is 441. The summed E-state index contributed by atoms with van der Waals surface area (Å²) in [4.78, 5) is 13.4. The van der Waals surface area contributed by atoms with Crippen molar-refractivity contribution in [3.8, 4) is 0 Å². The SMILES string of the molecule is O=C(CNC(c1ccccc1)C(F)(F)F)N1CCCC1. The van der Waals surface area contributed by atoms with Gasteiger partial charge < -0.3 is 4.90 Å². The first-order chi connectivity index (χ1) is 9.48. The lowest BCUT2D eigenvalue weighted by Gasteiger charge is -2.23. The number of nitrogens with one attached hydrogen (secondary N) is 1. The van der Waals surface area contributed by atoms with Gasteiger partial charge in [-0.1, -0.05) is 30.3 Å². The second-order valence-corrected chi connectivity index (χ2v) is 4.85. The summed E-state index contributed by atoms with van der Waals surface area (Å²) in [6, 6.07) is 5.77. The van der Waals surface area contributed by atoms with Gasteiger partial charge in [-0.05, 0) is 18.4 Å². The van der Waals surface area contributed by atoms with Crippen LogP contribution in [0.2, 0.25) is 0 Å². The zero-order valence-electron chi connectivity index (χ0n) is 11.0. The molecule has 1 saturated heterocycles. The van der Waals surface area contributed by atoms with E-state index in [1.54, 1.807) is 23.1 Å². The lowest BCUT2D eigenvalue weighted by Crippen LogP contribution is -2.41. The summed E-state index contributed by atoms with van der Waals surface area (Å²) >= 11 is 0. The first-order valence-electron chi connectivity index (χ1n) is 6.61. The summed E-state index contributed by atoms with van der Waals surface area (Å²) < 4.78 is 39.1. The summed E-state index contributed by atoms with van der Waals surface area (Å²) in [5.41, 5.74) is 0.120. The molecule has 1 unspecified atom stereocenters. The lowest BCUT2D eigenvalue weighted by molar-refractivity contribution is -0.159. The Kier molecular flexibility index (Phi) is 4.65. The van der Waals surface area contributed by atoms with E-state index < -0.39 is 12.2 Å². The summed E-state index contributed by atoms with van der Waals surface area (Å²) in [6.45, 7) is 0.990. The molecule has 1 aromatic carbocycles. The number of carbonyl (C=O) groups is 1. The highest BCUT2D eigenvalue weighted by Gasteiger charge is 2.40. The molecule has 20 heavy (non-hydrogen) atoms. The molecule has 0 bridgehead atoms. The largest absolute Gasteiger partial charge is 0.407 e. The predicted molar refractivity (Wildman–Crippen MR) is 69.1 cm³/mol. The van der Waals surface area contributed by atoms with E-state index in [1.807, 2.05) is 0 Å². The molecule has 110 valence electrons. The van der Waals surface area contributed by atoms with Crippen LogP contribution in [-0.4, -0.2) is 36.6 Å². The number of alkyl halides is 3. The molecule has 1 heterocycles. The van der Waals surface area contributed by atoms with Crippen LogP contribution >= 0.6 is 0 Å². The van der Waals surface area contributed by atoms with Gasteiger partial charge >= 0.3 is 6.18 Å². The van der Waals surface area contributed by atoms with Crippen molar-refractivity contribution in [2.45, 2.75) is 25.1 Å². The van der Waals surface area contributed by atoms with Gasteiger partial charge in [0.05, 0.1) is 6.54 Å². The molecule has 0 spiro atoms. The Morgan fingerprint density at radius 2 is 1.80 bits per heavy atom. The monoisotopic (exact) mass is 286 g/mol. The van der Waals surface area contributed by atoms with Gasteiger partial charge in [0.2, 0.25) is 5.91 Å². The third-order valence-electron chi connectivity index (χ3n) is 3.38. The Hall–Kier alpha value is -1.56. The topological polar surface area (TPSA) is 32.3 Å². The number of hydrogen-bond acceptors (Lipinski definition) is 2. The number of benzene rings is 1. The standard InChI is InChI=1S/C14H17F3N2O/c15-14(16,17)13(11-6-2-1-3-7-11)18-10-12(20)19-8-4-5-9-19/h1-3,6-7,13,18H,4-5,8-10H2. The van der Waals surface area contributed by atoms with Crippen molar-refractivity contribution in [1.82, 2.24) is 10.2 Å². The average Bonchev–Trinajstić information content (AvgIpc) is 2.92. The van der Waals surface area contributed by atoms with Crippen molar-refractivity contribution in [2.24, 2.45) is 0 Å². The van der Waals surface area contributed by atoms with Crippen LogP contribution in [-0.2, 0) is 4.79 Å². The minimum Gasteiger partial charge on any atom is -0.342 e. The molecule has 3 nitrogen and oxygen atoms in total. The van der Waals surface area contributed by atoms with E-state index in [0.29, 0.717) is 13.1 Å².